The molecule has 2 atom stereocenters. The lowest BCUT2D eigenvalue weighted by molar-refractivity contribution is -0.122. The Labute approximate surface area is 162 Å². The number of hydrogen-bond acceptors (Lipinski definition) is 4. The van der Waals surface area contributed by atoms with Gasteiger partial charge in [-0.05, 0) is 37.5 Å². The number of amides is 3. The molecule has 3 N–H and O–H groups in total. The van der Waals surface area contributed by atoms with Crippen LogP contribution in [0.3, 0.4) is 0 Å². The smallest absolute Gasteiger partial charge is 0.315 e. The van der Waals surface area contributed by atoms with Crippen molar-refractivity contribution < 1.29 is 18.0 Å². The lowest BCUT2D eigenvalue weighted by atomic mass is 10.1. The minimum Gasteiger partial charge on any atom is -0.354 e. The first kappa shape index (κ1) is 20.8. The second kappa shape index (κ2) is 8.92. The van der Waals surface area contributed by atoms with Gasteiger partial charge in [0, 0.05) is 22.6 Å². The van der Waals surface area contributed by atoms with Crippen LogP contribution in [0.5, 0.6) is 0 Å². The summed E-state index contributed by atoms with van der Waals surface area (Å²) in [7, 11) is -3.07. The zero-order valence-electron chi connectivity index (χ0n) is 14.2. The molecule has 1 fully saturated rings. The van der Waals surface area contributed by atoms with Gasteiger partial charge in [0.1, 0.15) is 6.04 Å². The molecule has 10 heteroatoms. The summed E-state index contributed by atoms with van der Waals surface area (Å²) in [6.07, 6.45) is 0.915. The van der Waals surface area contributed by atoms with E-state index in [1.165, 1.54) is 0 Å². The summed E-state index contributed by atoms with van der Waals surface area (Å²) >= 11 is 11.9. The van der Waals surface area contributed by atoms with E-state index in [0.717, 1.165) is 5.56 Å². The minimum atomic E-state index is -3.07. The lowest BCUT2D eigenvalue weighted by Crippen LogP contribution is -2.51. The van der Waals surface area contributed by atoms with Crippen LogP contribution in [0, 0.1) is 0 Å². The average molecular weight is 422 g/mol. The highest BCUT2D eigenvalue weighted by Gasteiger charge is 2.29. The molecule has 26 heavy (non-hydrogen) atoms. The fourth-order valence-electron chi connectivity index (χ4n) is 2.60. The zero-order valence-corrected chi connectivity index (χ0v) is 16.5. The molecule has 0 radical (unpaired) electrons. The molecular weight excluding hydrogens is 401 g/mol. The second-order valence-electron chi connectivity index (χ2n) is 6.22. The van der Waals surface area contributed by atoms with Crippen LogP contribution >= 0.6 is 23.2 Å². The van der Waals surface area contributed by atoms with Gasteiger partial charge in [-0.15, -0.1) is 0 Å². The van der Waals surface area contributed by atoms with Crippen LogP contribution in [0.15, 0.2) is 18.2 Å². The Bertz CT molecular complexity index is 786. The van der Waals surface area contributed by atoms with Gasteiger partial charge in [0.15, 0.2) is 9.84 Å². The predicted molar refractivity (Wildman–Crippen MR) is 101 cm³/mol. The SMILES string of the molecule is C[C@H](NC(=O)N[C@H]1CCS(=O)(=O)C1)C(=O)NCCc1ccc(Cl)cc1Cl. The van der Waals surface area contributed by atoms with Crippen LogP contribution in [0.2, 0.25) is 10.0 Å². The monoisotopic (exact) mass is 421 g/mol. The summed E-state index contributed by atoms with van der Waals surface area (Å²) in [5, 5.41) is 8.87. The Hall–Kier alpha value is -1.51. The van der Waals surface area contributed by atoms with Gasteiger partial charge in [0.2, 0.25) is 5.91 Å². The van der Waals surface area contributed by atoms with E-state index in [2.05, 4.69) is 16.0 Å². The molecule has 144 valence electrons. The van der Waals surface area contributed by atoms with Crippen molar-refractivity contribution >= 4 is 45.0 Å². The van der Waals surface area contributed by atoms with Gasteiger partial charge in [0.25, 0.3) is 0 Å². The van der Waals surface area contributed by atoms with Crippen LogP contribution in [0.25, 0.3) is 0 Å². The highest BCUT2D eigenvalue weighted by Crippen LogP contribution is 2.21. The number of nitrogens with one attached hydrogen (secondary N) is 3. The third-order valence-corrected chi connectivity index (χ3v) is 6.37. The van der Waals surface area contributed by atoms with Gasteiger partial charge < -0.3 is 16.0 Å². The number of benzene rings is 1. The Balaban J connectivity index is 1.72. The minimum absolute atomic E-state index is 0.0666. The summed E-state index contributed by atoms with van der Waals surface area (Å²) in [6, 6.07) is 3.42. The maximum absolute atomic E-state index is 12.0. The van der Waals surface area contributed by atoms with Crippen molar-refractivity contribution in [3.63, 3.8) is 0 Å². The standard InChI is InChI=1S/C16H21Cl2N3O4S/c1-10(20-16(23)21-13-5-7-26(24,25)9-13)15(22)19-6-4-11-2-3-12(17)8-14(11)18/h2-3,8,10,13H,4-7,9H2,1H3,(H,19,22)(H2,20,21,23)/t10-,13-/m0/s1. The molecule has 1 heterocycles. The molecule has 0 bridgehead atoms. The first-order chi connectivity index (χ1) is 12.2. The number of urea groups is 1. The van der Waals surface area contributed by atoms with E-state index in [1.807, 2.05) is 0 Å². The van der Waals surface area contributed by atoms with Gasteiger partial charge in [-0.25, -0.2) is 13.2 Å². The van der Waals surface area contributed by atoms with Crippen molar-refractivity contribution in [2.45, 2.75) is 31.8 Å². The van der Waals surface area contributed by atoms with E-state index in [-0.39, 0.29) is 17.4 Å². The zero-order chi connectivity index (χ0) is 19.3. The second-order valence-corrected chi connectivity index (χ2v) is 9.29. The fourth-order valence-corrected chi connectivity index (χ4v) is 4.77. The fraction of sp³-hybridized carbons (Fsp3) is 0.500. The number of sulfone groups is 1. The lowest BCUT2D eigenvalue weighted by Gasteiger charge is -2.17. The van der Waals surface area contributed by atoms with Gasteiger partial charge in [-0.3, -0.25) is 4.79 Å². The highest BCUT2D eigenvalue weighted by molar-refractivity contribution is 7.91. The molecule has 7 nitrogen and oxygen atoms in total. The summed E-state index contributed by atoms with van der Waals surface area (Å²) < 4.78 is 22.8. The van der Waals surface area contributed by atoms with E-state index in [0.29, 0.717) is 29.4 Å². The maximum Gasteiger partial charge on any atom is 0.315 e. The van der Waals surface area contributed by atoms with Crippen LogP contribution in [0.4, 0.5) is 4.79 Å². The molecule has 0 spiro atoms. The summed E-state index contributed by atoms with van der Waals surface area (Å²) in [5.41, 5.74) is 0.858. The molecule has 1 aromatic carbocycles. The maximum atomic E-state index is 12.0. The first-order valence-corrected chi connectivity index (χ1v) is 10.7. The number of carbonyl (C=O) groups excluding carboxylic acids is 2. The molecule has 3 amide bonds. The Morgan fingerprint density at radius 1 is 1.31 bits per heavy atom. The number of rotatable bonds is 6. The van der Waals surface area contributed by atoms with E-state index in [4.69, 9.17) is 23.2 Å². The van der Waals surface area contributed by atoms with E-state index < -0.39 is 28.0 Å². The number of halogens is 2. The normalized spacial score (nSPS) is 19.6. The summed E-state index contributed by atoms with van der Waals surface area (Å²) in [6.45, 7) is 1.91. The van der Waals surface area contributed by atoms with Gasteiger partial charge in [-0.1, -0.05) is 29.3 Å². The van der Waals surface area contributed by atoms with Crippen LogP contribution in [-0.2, 0) is 21.1 Å². The predicted octanol–water partition coefficient (Wildman–Crippen LogP) is 1.53. The van der Waals surface area contributed by atoms with Crippen molar-refractivity contribution in [1.82, 2.24) is 16.0 Å². The van der Waals surface area contributed by atoms with Crippen molar-refractivity contribution in [2.24, 2.45) is 0 Å². The molecule has 0 aromatic heterocycles. The Morgan fingerprint density at radius 2 is 2.04 bits per heavy atom. The molecule has 1 aliphatic heterocycles. The first-order valence-electron chi connectivity index (χ1n) is 8.15. The number of hydrogen-bond donors (Lipinski definition) is 3. The molecule has 1 aromatic rings. The van der Waals surface area contributed by atoms with Crippen molar-refractivity contribution in [3.8, 4) is 0 Å². The van der Waals surface area contributed by atoms with E-state index in [1.54, 1.807) is 25.1 Å². The van der Waals surface area contributed by atoms with Crippen molar-refractivity contribution in [2.75, 3.05) is 18.1 Å². The molecular formula is C16H21Cl2N3O4S. The van der Waals surface area contributed by atoms with E-state index >= 15 is 0 Å². The number of carbonyl (C=O) groups is 2. The third-order valence-electron chi connectivity index (χ3n) is 4.02. The molecule has 0 unspecified atom stereocenters. The largest absolute Gasteiger partial charge is 0.354 e. The topological polar surface area (TPSA) is 104 Å². The summed E-state index contributed by atoms with van der Waals surface area (Å²) in [4.78, 5) is 23.9. The molecule has 1 aliphatic rings. The van der Waals surface area contributed by atoms with Crippen LogP contribution in [-0.4, -0.2) is 50.5 Å². The third kappa shape index (κ3) is 6.34. The quantitative estimate of drug-likeness (QED) is 0.647. The Kier molecular flexibility index (Phi) is 7.14. The molecule has 1 saturated heterocycles. The van der Waals surface area contributed by atoms with Gasteiger partial charge in [-0.2, -0.15) is 0 Å². The van der Waals surface area contributed by atoms with Crippen LogP contribution in [0.1, 0.15) is 18.9 Å². The van der Waals surface area contributed by atoms with E-state index in [9.17, 15) is 18.0 Å². The molecule has 0 aliphatic carbocycles. The molecule has 0 saturated carbocycles. The van der Waals surface area contributed by atoms with Crippen molar-refractivity contribution in [3.05, 3.63) is 33.8 Å². The molecule has 2 rings (SSSR count). The highest BCUT2D eigenvalue weighted by atomic mass is 35.5. The Morgan fingerprint density at radius 3 is 2.65 bits per heavy atom. The average Bonchev–Trinajstić information content (AvgIpc) is 2.87. The van der Waals surface area contributed by atoms with Gasteiger partial charge in [0.05, 0.1) is 11.5 Å². The van der Waals surface area contributed by atoms with Crippen LogP contribution < -0.4 is 16.0 Å². The van der Waals surface area contributed by atoms with Crippen molar-refractivity contribution in [1.29, 1.82) is 0 Å². The summed E-state index contributed by atoms with van der Waals surface area (Å²) in [5.74, 6) is -0.339. The van der Waals surface area contributed by atoms with Gasteiger partial charge >= 0.3 is 6.03 Å².